The second kappa shape index (κ2) is 4.32. The van der Waals surface area contributed by atoms with E-state index in [9.17, 15) is 4.39 Å². The van der Waals surface area contributed by atoms with Crippen molar-refractivity contribution in [1.29, 1.82) is 0 Å². The lowest BCUT2D eigenvalue weighted by molar-refractivity contribution is 0.320. The number of nitrogens with zero attached hydrogens (tertiary/aromatic N) is 3. The Kier molecular flexibility index (Phi) is 2.87. The smallest absolute Gasteiger partial charge is 0.178 e. The lowest BCUT2D eigenvalue weighted by atomic mass is 10.2. The highest BCUT2D eigenvalue weighted by Crippen LogP contribution is 2.15. The first-order valence-electron chi connectivity index (χ1n) is 4.40. The van der Waals surface area contributed by atoms with Gasteiger partial charge in [0.15, 0.2) is 5.17 Å². The molecule has 0 saturated heterocycles. The average Bonchev–Trinajstić information content (AvgIpc) is 2.81. The van der Waals surface area contributed by atoms with Crippen molar-refractivity contribution in [3.05, 3.63) is 48.0 Å². The van der Waals surface area contributed by atoms with Gasteiger partial charge in [0.05, 0.1) is 11.3 Å². The van der Waals surface area contributed by atoms with Gasteiger partial charge in [-0.2, -0.15) is 5.10 Å². The van der Waals surface area contributed by atoms with E-state index in [0.717, 1.165) is 0 Å². The van der Waals surface area contributed by atoms with Crippen molar-refractivity contribution in [1.82, 2.24) is 9.78 Å². The van der Waals surface area contributed by atoms with Gasteiger partial charge in [-0.05, 0) is 18.2 Å². The summed E-state index contributed by atoms with van der Waals surface area (Å²) in [6.07, 6.45) is 3.28. The fraction of sp³-hybridized carbons (Fsp3) is 0. The summed E-state index contributed by atoms with van der Waals surface area (Å²) in [6.45, 7) is 0. The fourth-order valence-corrected chi connectivity index (χ4v) is 1.44. The minimum atomic E-state index is -0.573. The summed E-state index contributed by atoms with van der Waals surface area (Å²) in [6, 6.07) is 6.04. The van der Waals surface area contributed by atoms with E-state index in [4.69, 9.17) is 16.8 Å². The van der Waals surface area contributed by atoms with Crippen LogP contribution in [0.15, 0.2) is 41.8 Å². The van der Waals surface area contributed by atoms with Gasteiger partial charge >= 0.3 is 0 Å². The Labute approximate surface area is 95.6 Å². The third kappa shape index (κ3) is 1.90. The molecule has 0 fully saturated rings. The molecule has 82 valence electrons. The van der Waals surface area contributed by atoms with Gasteiger partial charge < -0.3 is 5.21 Å². The van der Waals surface area contributed by atoms with Gasteiger partial charge in [-0.25, -0.2) is 9.07 Å². The molecule has 16 heavy (non-hydrogen) atoms. The van der Waals surface area contributed by atoms with E-state index >= 15 is 0 Å². The normalized spacial score (nSPS) is 11.8. The van der Waals surface area contributed by atoms with Crippen molar-refractivity contribution < 1.29 is 9.60 Å². The zero-order valence-electron chi connectivity index (χ0n) is 8.01. The van der Waals surface area contributed by atoms with Gasteiger partial charge in [-0.1, -0.05) is 16.8 Å². The number of hydrogen-bond acceptors (Lipinski definition) is 3. The van der Waals surface area contributed by atoms with Crippen molar-refractivity contribution in [2.24, 2.45) is 5.16 Å². The minimum Gasteiger partial charge on any atom is -0.410 e. The zero-order chi connectivity index (χ0) is 11.5. The number of hydrogen-bond donors (Lipinski definition) is 1. The average molecular weight is 240 g/mol. The van der Waals surface area contributed by atoms with Gasteiger partial charge in [0, 0.05) is 18.5 Å². The van der Waals surface area contributed by atoms with Crippen LogP contribution in [0.2, 0.25) is 0 Å². The maximum Gasteiger partial charge on any atom is 0.178 e. The van der Waals surface area contributed by atoms with E-state index in [1.54, 1.807) is 24.5 Å². The van der Waals surface area contributed by atoms with Crippen LogP contribution in [0.3, 0.4) is 0 Å². The molecule has 1 N–H and O–H groups in total. The van der Waals surface area contributed by atoms with Crippen LogP contribution < -0.4 is 0 Å². The molecule has 2 rings (SSSR count). The SMILES string of the molecule is O/N=C(\Cl)c1ccc(-n2cccn2)cc1F. The Bertz CT molecular complexity index is 525. The molecule has 0 aliphatic rings. The van der Waals surface area contributed by atoms with Gasteiger partial charge in [0.25, 0.3) is 0 Å². The van der Waals surface area contributed by atoms with Gasteiger partial charge in [-0.3, -0.25) is 0 Å². The second-order valence-corrected chi connectivity index (χ2v) is 3.36. The predicted molar refractivity (Wildman–Crippen MR) is 57.7 cm³/mol. The molecule has 0 radical (unpaired) electrons. The summed E-state index contributed by atoms with van der Waals surface area (Å²) in [7, 11) is 0. The molecular formula is C10H7ClFN3O. The second-order valence-electron chi connectivity index (χ2n) is 3.01. The van der Waals surface area contributed by atoms with Gasteiger partial charge in [0.2, 0.25) is 0 Å². The Morgan fingerprint density at radius 2 is 2.31 bits per heavy atom. The fourth-order valence-electron chi connectivity index (χ4n) is 1.29. The molecule has 1 aromatic heterocycles. The summed E-state index contributed by atoms with van der Waals surface area (Å²) in [4.78, 5) is 0. The van der Waals surface area contributed by atoms with E-state index in [2.05, 4.69) is 10.3 Å². The Morgan fingerprint density at radius 3 is 2.88 bits per heavy atom. The first kappa shape index (κ1) is 10.6. The first-order valence-corrected chi connectivity index (χ1v) is 4.77. The number of halogens is 2. The Hall–Kier alpha value is -1.88. The van der Waals surface area contributed by atoms with Crippen LogP contribution >= 0.6 is 11.6 Å². The lowest BCUT2D eigenvalue weighted by Gasteiger charge is -2.04. The largest absolute Gasteiger partial charge is 0.410 e. The number of rotatable bonds is 2. The predicted octanol–water partition coefficient (Wildman–Crippen LogP) is 2.39. The highest BCUT2D eigenvalue weighted by atomic mass is 35.5. The highest BCUT2D eigenvalue weighted by molar-refractivity contribution is 6.69. The third-order valence-corrected chi connectivity index (χ3v) is 2.31. The molecule has 0 aliphatic heterocycles. The summed E-state index contributed by atoms with van der Waals surface area (Å²) in [5.41, 5.74) is 0.605. The van der Waals surface area contributed by atoms with Gasteiger partial charge in [0.1, 0.15) is 5.82 Å². The summed E-state index contributed by atoms with van der Waals surface area (Å²) < 4.78 is 15.1. The van der Waals surface area contributed by atoms with Crippen LogP contribution in [-0.2, 0) is 0 Å². The van der Waals surface area contributed by atoms with E-state index in [0.29, 0.717) is 5.69 Å². The molecule has 0 unspecified atom stereocenters. The van der Waals surface area contributed by atoms with Crippen molar-refractivity contribution in [3.63, 3.8) is 0 Å². The zero-order valence-corrected chi connectivity index (χ0v) is 8.76. The number of benzene rings is 1. The molecule has 1 heterocycles. The maximum atomic E-state index is 13.6. The van der Waals surface area contributed by atoms with Crippen LogP contribution in [0.1, 0.15) is 5.56 Å². The van der Waals surface area contributed by atoms with Crippen LogP contribution in [-0.4, -0.2) is 20.2 Å². The van der Waals surface area contributed by atoms with E-state index in [1.807, 2.05) is 0 Å². The van der Waals surface area contributed by atoms with Crippen molar-refractivity contribution in [2.45, 2.75) is 0 Å². The molecule has 0 amide bonds. The Morgan fingerprint density at radius 1 is 1.50 bits per heavy atom. The van der Waals surface area contributed by atoms with Crippen LogP contribution in [0.25, 0.3) is 5.69 Å². The van der Waals surface area contributed by atoms with Crippen molar-refractivity contribution in [3.8, 4) is 5.69 Å². The molecule has 6 heteroatoms. The van der Waals surface area contributed by atoms with Crippen LogP contribution in [0.5, 0.6) is 0 Å². The lowest BCUT2D eigenvalue weighted by Crippen LogP contribution is -2.00. The molecule has 2 aromatic rings. The molecule has 0 saturated carbocycles. The Balaban J connectivity index is 2.45. The van der Waals surface area contributed by atoms with E-state index in [1.165, 1.54) is 16.8 Å². The molecule has 0 aliphatic carbocycles. The van der Waals surface area contributed by atoms with E-state index < -0.39 is 5.82 Å². The monoisotopic (exact) mass is 239 g/mol. The van der Waals surface area contributed by atoms with Crippen LogP contribution in [0.4, 0.5) is 4.39 Å². The van der Waals surface area contributed by atoms with Crippen molar-refractivity contribution >= 4 is 16.8 Å². The molecular weight excluding hydrogens is 233 g/mol. The number of aromatic nitrogens is 2. The molecule has 0 atom stereocenters. The van der Waals surface area contributed by atoms with Crippen molar-refractivity contribution in [2.75, 3.05) is 0 Å². The summed E-state index contributed by atoms with van der Waals surface area (Å²) in [5.74, 6) is -0.573. The molecule has 0 spiro atoms. The first-order chi connectivity index (χ1) is 7.72. The number of oxime groups is 1. The molecule has 0 bridgehead atoms. The standard InChI is InChI=1S/C10H7ClFN3O/c11-10(14-16)8-3-2-7(6-9(8)12)15-5-1-4-13-15/h1-6,16H/b14-10-. The summed E-state index contributed by atoms with van der Waals surface area (Å²) in [5, 5.41) is 14.8. The third-order valence-electron chi connectivity index (χ3n) is 2.03. The molecule has 1 aromatic carbocycles. The topological polar surface area (TPSA) is 50.4 Å². The molecule has 4 nitrogen and oxygen atoms in total. The maximum absolute atomic E-state index is 13.6. The van der Waals surface area contributed by atoms with Gasteiger partial charge in [-0.15, -0.1) is 0 Å². The summed E-state index contributed by atoms with van der Waals surface area (Å²) >= 11 is 5.51. The quantitative estimate of drug-likeness (QED) is 0.497. The highest BCUT2D eigenvalue weighted by Gasteiger charge is 2.09. The minimum absolute atomic E-state index is 0.0417. The van der Waals surface area contributed by atoms with Crippen LogP contribution in [0, 0.1) is 5.82 Å². The van der Waals surface area contributed by atoms with E-state index in [-0.39, 0.29) is 10.7 Å².